The summed E-state index contributed by atoms with van der Waals surface area (Å²) >= 11 is 6.06. The number of halogens is 1. The van der Waals surface area contributed by atoms with Crippen LogP contribution in [0.15, 0.2) is 54.9 Å². The van der Waals surface area contributed by atoms with Gasteiger partial charge in [-0.15, -0.1) is 0 Å². The minimum Gasteiger partial charge on any atom is -0.370 e. The molecule has 24 heavy (non-hydrogen) atoms. The lowest BCUT2D eigenvalue weighted by atomic mass is 10.1. The third-order valence-corrected chi connectivity index (χ3v) is 3.84. The average Bonchev–Trinajstić information content (AvgIpc) is 2.59. The second kappa shape index (κ2) is 7.88. The predicted octanol–water partition coefficient (Wildman–Crippen LogP) is 4.55. The van der Waals surface area contributed by atoms with Crippen LogP contribution >= 0.6 is 11.6 Å². The number of nitrogens with zero attached hydrogens (tertiary/aromatic N) is 3. The van der Waals surface area contributed by atoms with E-state index in [9.17, 15) is 0 Å². The summed E-state index contributed by atoms with van der Waals surface area (Å²) in [7, 11) is 0. The standard InChI is InChI=1S/C19H19ClN4/c1-14-11-18(22-10-4-6-15-5-3-9-21-13-15)24-19(23-14)16-7-2-8-17(20)12-16/h2-3,5,7-9,11-13H,4,6,10H2,1H3,(H,22,23,24). The fourth-order valence-electron chi connectivity index (χ4n) is 2.47. The zero-order chi connectivity index (χ0) is 16.8. The number of rotatable bonds is 6. The topological polar surface area (TPSA) is 50.7 Å². The lowest BCUT2D eigenvalue weighted by Gasteiger charge is -2.09. The van der Waals surface area contributed by atoms with Gasteiger partial charge in [0.05, 0.1) is 0 Å². The van der Waals surface area contributed by atoms with Gasteiger partial charge in [0.25, 0.3) is 0 Å². The second-order valence-electron chi connectivity index (χ2n) is 5.62. The van der Waals surface area contributed by atoms with Crippen molar-refractivity contribution in [1.82, 2.24) is 15.0 Å². The van der Waals surface area contributed by atoms with Gasteiger partial charge in [0.1, 0.15) is 5.82 Å². The minimum atomic E-state index is 0.684. The Morgan fingerprint density at radius 2 is 2.00 bits per heavy atom. The van der Waals surface area contributed by atoms with Crippen molar-refractivity contribution in [2.45, 2.75) is 19.8 Å². The molecule has 122 valence electrons. The van der Waals surface area contributed by atoms with Crippen molar-refractivity contribution in [3.05, 3.63) is 71.1 Å². The molecule has 1 aromatic carbocycles. The number of pyridine rings is 1. The summed E-state index contributed by atoms with van der Waals surface area (Å²) in [4.78, 5) is 13.2. The van der Waals surface area contributed by atoms with Gasteiger partial charge in [-0.25, -0.2) is 9.97 Å². The van der Waals surface area contributed by atoms with Gasteiger partial charge in [-0.3, -0.25) is 4.98 Å². The van der Waals surface area contributed by atoms with Crippen molar-refractivity contribution in [1.29, 1.82) is 0 Å². The molecule has 0 saturated heterocycles. The Morgan fingerprint density at radius 3 is 2.79 bits per heavy atom. The van der Waals surface area contributed by atoms with Crippen LogP contribution in [0.4, 0.5) is 5.82 Å². The van der Waals surface area contributed by atoms with E-state index in [0.717, 1.165) is 36.5 Å². The molecule has 1 N–H and O–H groups in total. The van der Waals surface area contributed by atoms with Crippen LogP contribution in [0, 0.1) is 6.92 Å². The van der Waals surface area contributed by atoms with Crippen molar-refractivity contribution in [2.75, 3.05) is 11.9 Å². The van der Waals surface area contributed by atoms with Crippen LogP contribution < -0.4 is 5.32 Å². The molecule has 0 aliphatic rings. The molecule has 5 heteroatoms. The number of aromatic nitrogens is 3. The van der Waals surface area contributed by atoms with E-state index in [0.29, 0.717) is 10.8 Å². The Bertz CT molecular complexity index is 805. The second-order valence-corrected chi connectivity index (χ2v) is 6.06. The Kier molecular flexibility index (Phi) is 5.39. The summed E-state index contributed by atoms with van der Waals surface area (Å²) in [5.41, 5.74) is 3.09. The lowest BCUT2D eigenvalue weighted by Crippen LogP contribution is -2.06. The fourth-order valence-corrected chi connectivity index (χ4v) is 2.66. The number of anilines is 1. The Hall–Kier alpha value is -2.46. The molecule has 2 aromatic heterocycles. The van der Waals surface area contributed by atoms with E-state index < -0.39 is 0 Å². The average molecular weight is 339 g/mol. The first-order chi connectivity index (χ1) is 11.7. The third-order valence-electron chi connectivity index (χ3n) is 3.61. The van der Waals surface area contributed by atoms with Crippen LogP contribution in [0.3, 0.4) is 0 Å². The van der Waals surface area contributed by atoms with Gasteiger partial charge < -0.3 is 5.32 Å². The molecule has 4 nitrogen and oxygen atoms in total. The van der Waals surface area contributed by atoms with Gasteiger partial charge >= 0.3 is 0 Å². The molecule has 3 rings (SSSR count). The van der Waals surface area contributed by atoms with Crippen molar-refractivity contribution in [3.63, 3.8) is 0 Å². The van der Waals surface area contributed by atoms with Crippen LogP contribution in [0.25, 0.3) is 11.4 Å². The highest BCUT2D eigenvalue weighted by atomic mass is 35.5. The van der Waals surface area contributed by atoms with Gasteiger partial charge in [0, 0.05) is 41.3 Å². The molecule has 2 heterocycles. The number of nitrogens with one attached hydrogen (secondary N) is 1. The largest absolute Gasteiger partial charge is 0.370 e. The molecule has 0 aliphatic carbocycles. The number of aryl methyl sites for hydroxylation is 2. The van der Waals surface area contributed by atoms with E-state index in [-0.39, 0.29) is 0 Å². The Morgan fingerprint density at radius 1 is 1.08 bits per heavy atom. The zero-order valence-electron chi connectivity index (χ0n) is 13.5. The highest BCUT2D eigenvalue weighted by Crippen LogP contribution is 2.21. The van der Waals surface area contributed by atoms with Gasteiger partial charge in [-0.2, -0.15) is 0 Å². The molecule has 3 aromatic rings. The van der Waals surface area contributed by atoms with E-state index in [1.54, 1.807) is 6.20 Å². The molecule has 0 unspecified atom stereocenters. The first-order valence-electron chi connectivity index (χ1n) is 7.95. The highest BCUT2D eigenvalue weighted by molar-refractivity contribution is 6.30. The van der Waals surface area contributed by atoms with Crippen molar-refractivity contribution < 1.29 is 0 Å². The summed E-state index contributed by atoms with van der Waals surface area (Å²) in [6.07, 6.45) is 5.71. The third kappa shape index (κ3) is 4.52. The van der Waals surface area contributed by atoms with Crippen LogP contribution in [0.1, 0.15) is 17.7 Å². The predicted molar refractivity (Wildman–Crippen MR) is 98.3 cm³/mol. The molecule has 0 radical (unpaired) electrons. The van der Waals surface area contributed by atoms with Gasteiger partial charge in [0.15, 0.2) is 5.82 Å². The van der Waals surface area contributed by atoms with Crippen molar-refractivity contribution in [3.8, 4) is 11.4 Å². The van der Waals surface area contributed by atoms with Crippen molar-refractivity contribution >= 4 is 17.4 Å². The molecule has 0 saturated carbocycles. The lowest BCUT2D eigenvalue weighted by molar-refractivity contribution is 0.853. The van der Waals surface area contributed by atoms with Gasteiger partial charge in [-0.05, 0) is 43.5 Å². The molecule has 0 aliphatic heterocycles. The number of benzene rings is 1. The molecular formula is C19H19ClN4. The number of hydrogen-bond donors (Lipinski definition) is 1. The summed E-state index contributed by atoms with van der Waals surface area (Å²) in [6.45, 7) is 2.82. The molecule has 0 atom stereocenters. The normalized spacial score (nSPS) is 10.6. The molecule has 0 bridgehead atoms. The molecule has 0 amide bonds. The Balaban J connectivity index is 1.64. The maximum atomic E-state index is 6.06. The molecule has 0 fully saturated rings. The SMILES string of the molecule is Cc1cc(NCCCc2cccnc2)nc(-c2cccc(Cl)c2)n1. The van der Waals surface area contributed by atoms with Gasteiger partial charge in [-0.1, -0.05) is 29.8 Å². The maximum absolute atomic E-state index is 6.06. The number of hydrogen-bond acceptors (Lipinski definition) is 4. The van der Waals surface area contributed by atoms with Crippen LogP contribution in [0.5, 0.6) is 0 Å². The van der Waals surface area contributed by atoms with Crippen LogP contribution in [0.2, 0.25) is 5.02 Å². The molecule has 0 spiro atoms. The zero-order valence-corrected chi connectivity index (χ0v) is 14.3. The van der Waals surface area contributed by atoms with E-state index in [1.807, 2.05) is 49.5 Å². The minimum absolute atomic E-state index is 0.684. The summed E-state index contributed by atoms with van der Waals surface area (Å²) in [5.74, 6) is 1.52. The summed E-state index contributed by atoms with van der Waals surface area (Å²) < 4.78 is 0. The van der Waals surface area contributed by atoms with E-state index in [4.69, 9.17) is 11.6 Å². The molecular weight excluding hydrogens is 320 g/mol. The first kappa shape index (κ1) is 16.4. The quantitative estimate of drug-likeness (QED) is 0.670. The maximum Gasteiger partial charge on any atom is 0.161 e. The fraction of sp³-hybridized carbons (Fsp3) is 0.211. The van der Waals surface area contributed by atoms with Crippen molar-refractivity contribution in [2.24, 2.45) is 0 Å². The Labute approximate surface area is 147 Å². The monoisotopic (exact) mass is 338 g/mol. The van der Waals surface area contributed by atoms with E-state index in [1.165, 1.54) is 5.56 Å². The van der Waals surface area contributed by atoms with E-state index in [2.05, 4.69) is 26.3 Å². The summed E-state index contributed by atoms with van der Waals surface area (Å²) in [6, 6.07) is 13.6. The van der Waals surface area contributed by atoms with Crippen LogP contribution in [-0.4, -0.2) is 21.5 Å². The van der Waals surface area contributed by atoms with Crippen LogP contribution in [-0.2, 0) is 6.42 Å². The van der Waals surface area contributed by atoms with Gasteiger partial charge in [0.2, 0.25) is 0 Å². The highest BCUT2D eigenvalue weighted by Gasteiger charge is 2.05. The first-order valence-corrected chi connectivity index (χ1v) is 8.33. The smallest absolute Gasteiger partial charge is 0.161 e. The van der Waals surface area contributed by atoms with E-state index >= 15 is 0 Å². The summed E-state index contributed by atoms with van der Waals surface area (Å²) in [5, 5.41) is 4.06.